The van der Waals surface area contributed by atoms with E-state index in [-0.39, 0.29) is 22.9 Å². The van der Waals surface area contributed by atoms with Crippen LogP contribution in [-0.2, 0) is 0 Å². The van der Waals surface area contributed by atoms with Crippen molar-refractivity contribution in [2.75, 3.05) is 0 Å². The van der Waals surface area contributed by atoms with Crippen LogP contribution in [0.2, 0.25) is 0 Å². The first-order chi connectivity index (χ1) is 16.0. The van der Waals surface area contributed by atoms with E-state index in [1.807, 2.05) is 30.3 Å². The van der Waals surface area contributed by atoms with Gasteiger partial charge in [0.15, 0.2) is 5.78 Å². The van der Waals surface area contributed by atoms with Gasteiger partial charge in [-0.05, 0) is 17.7 Å². The average Bonchev–Trinajstić information content (AvgIpc) is 3.24. The van der Waals surface area contributed by atoms with E-state index < -0.39 is 16.8 Å². The number of para-hydroxylation sites is 2. The van der Waals surface area contributed by atoms with Crippen LogP contribution < -0.4 is 5.73 Å². The molecule has 1 aromatic heterocycles. The molecule has 2 atom stereocenters. The van der Waals surface area contributed by atoms with E-state index >= 15 is 0 Å². The van der Waals surface area contributed by atoms with Crippen molar-refractivity contribution in [3.63, 3.8) is 0 Å². The molecule has 0 fully saturated rings. The average molecular weight is 435 g/mol. The van der Waals surface area contributed by atoms with E-state index in [1.165, 1.54) is 12.1 Å². The number of carbonyl (C=O) groups is 1. The number of Topliss-reactive ketones (excluding diaryl/α,β-unsaturated/α-hetero) is 1. The number of non-ortho nitro benzene ring substituents is 1. The molecule has 0 amide bonds. The van der Waals surface area contributed by atoms with Gasteiger partial charge in [-0.2, -0.15) is 5.26 Å². The molecule has 1 aliphatic rings. The standard InChI is InChI=1S/C25H17N5O3/c26-14-18-21(15-10-12-17(13-11-15)30(32)33)22(23(31)16-6-2-1-3-7-16)25-28-19-8-4-5-9-20(19)29(25)24(18)27/h1-13,21-22H,27H2/t21-,22+/m1/s1. The number of nitrogens with zero attached hydrogens (tertiary/aromatic N) is 4. The summed E-state index contributed by atoms with van der Waals surface area (Å²) in [6, 6.07) is 24.2. The second-order valence-corrected chi connectivity index (χ2v) is 7.74. The zero-order valence-electron chi connectivity index (χ0n) is 17.3. The quantitative estimate of drug-likeness (QED) is 0.288. The molecule has 0 spiro atoms. The number of fused-ring (bicyclic) bond motifs is 3. The molecule has 8 heteroatoms. The van der Waals surface area contributed by atoms with Crippen molar-refractivity contribution in [2.45, 2.75) is 11.8 Å². The number of allylic oxidation sites excluding steroid dienone is 1. The molecule has 0 aliphatic carbocycles. The van der Waals surface area contributed by atoms with Crippen LogP contribution >= 0.6 is 0 Å². The van der Waals surface area contributed by atoms with Gasteiger partial charge >= 0.3 is 0 Å². The predicted octanol–water partition coefficient (Wildman–Crippen LogP) is 4.36. The molecule has 1 aliphatic heterocycles. The number of aromatic nitrogens is 2. The highest BCUT2D eigenvalue weighted by molar-refractivity contribution is 6.03. The lowest BCUT2D eigenvalue weighted by atomic mass is 9.75. The normalized spacial score (nSPS) is 17.4. The summed E-state index contributed by atoms with van der Waals surface area (Å²) < 4.78 is 1.67. The highest BCUT2D eigenvalue weighted by Gasteiger charge is 2.43. The molecule has 2 N–H and O–H groups in total. The van der Waals surface area contributed by atoms with Crippen molar-refractivity contribution in [1.82, 2.24) is 9.55 Å². The lowest BCUT2D eigenvalue weighted by Gasteiger charge is -2.32. The zero-order valence-corrected chi connectivity index (χ0v) is 17.3. The van der Waals surface area contributed by atoms with Gasteiger partial charge < -0.3 is 5.73 Å². The topological polar surface area (TPSA) is 128 Å². The van der Waals surface area contributed by atoms with Crippen LogP contribution in [0.5, 0.6) is 0 Å². The number of nitrogens with two attached hydrogens (primary N) is 1. The molecule has 160 valence electrons. The maximum atomic E-state index is 13.8. The van der Waals surface area contributed by atoms with Gasteiger partial charge in [0.05, 0.1) is 33.5 Å². The molecule has 0 saturated carbocycles. The van der Waals surface area contributed by atoms with Crippen molar-refractivity contribution < 1.29 is 9.72 Å². The minimum absolute atomic E-state index is 0.0804. The SMILES string of the molecule is N#CC1=C(N)n2c(nc3ccccc32)[C@H](C(=O)c2ccccc2)[C@@H]1c1ccc([N+](=O)[O-])cc1. The van der Waals surface area contributed by atoms with Crippen molar-refractivity contribution in [3.8, 4) is 6.07 Å². The van der Waals surface area contributed by atoms with Gasteiger partial charge in [-0.15, -0.1) is 0 Å². The van der Waals surface area contributed by atoms with Crippen molar-refractivity contribution in [2.24, 2.45) is 5.73 Å². The summed E-state index contributed by atoms with van der Waals surface area (Å²) in [5, 5.41) is 21.2. The third kappa shape index (κ3) is 3.15. The van der Waals surface area contributed by atoms with E-state index in [1.54, 1.807) is 41.0 Å². The number of imidazole rings is 1. The number of nitro groups is 1. The largest absolute Gasteiger partial charge is 0.384 e. The maximum Gasteiger partial charge on any atom is 0.269 e. The second-order valence-electron chi connectivity index (χ2n) is 7.74. The zero-order chi connectivity index (χ0) is 23.1. The van der Waals surface area contributed by atoms with Crippen LogP contribution in [0.1, 0.15) is 33.6 Å². The first-order valence-electron chi connectivity index (χ1n) is 10.2. The fraction of sp³-hybridized carbons (Fsp3) is 0.0800. The molecular weight excluding hydrogens is 418 g/mol. The summed E-state index contributed by atoms with van der Waals surface area (Å²) in [4.78, 5) is 29.2. The van der Waals surface area contributed by atoms with Crippen LogP contribution in [0, 0.1) is 21.4 Å². The summed E-state index contributed by atoms with van der Waals surface area (Å²) in [5.41, 5.74) is 9.02. The number of nitro benzene ring substituents is 1. The number of nitriles is 1. The maximum absolute atomic E-state index is 13.8. The Bertz CT molecular complexity index is 1480. The van der Waals surface area contributed by atoms with E-state index in [4.69, 9.17) is 10.7 Å². The molecule has 0 bridgehead atoms. The minimum Gasteiger partial charge on any atom is -0.384 e. The van der Waals surface area contributed by atoms with E-state index in [2.05, 4.69) is 6.07 Å². The fourth-order valence-electron chi connectivity index (χ4n) is 4.44. The molecular formula is C25H17N5O3. The van der Waals surface area contributed by atoms with Gasteiger partial charge in [0.1, 0.15) is 11.6 Å². The summed E-state index contributed by atoms with van der Waals surface area (Å²) in [6.45, 7) is 0. The number of hydrogen-bond donors (Lipinski definition) is 1. The molecule has 8 nitrogen and oxygen atoms in total. The first-order valence-corrected chi connectivity index (χ1v) is 10.2. The number of hydrogen-bond acceptors (Lipinski definition) is 6. The van der Waals surface area contributed by atoms with E-state index in [0.717, 1.165) is 0 Å². The Morgan fingerprint density at radius 3 is 2.36 bits per heavy atom. The molecule has 5 rings (SSSR count). The summed E-state index contributed by atoms with van der Waals surface area (Å²) >= 11 is 0. The first kappa shape index (κ1) is 20.2. The Labute approximate surface area is 188 Å². The number of ketones is 1. The Morgan fingerprint density at radius 1 is 1.03 bits per heavy atom. The Morgan fingerprint density at radius 2 is 1.70 bits per heavy atom. The lowest BCUT2D eigenvalue weighted by molar-refractivity contribution is -0.384. The van der Waals surface area contributed by atoms with Crippen LogP contribution in [0.15, 0.2) is 84.4 Å². The third-order valence-corrected chi connectivity index (χ3v) is 5.95. The molecule has 0 unspecified atom stereocenters. The van der Waals surface area contributed by atoms with Crippen LogP contribution in [0.25, 0.3) is 16.9 Å². The van der Waals surface area contributed by atoms with Crippen LogP contribution in [-0.4, -0.2) is 20.3 Å². The van der Waals surface area contributed by atoms with Crippen molar-refractivity contribution >= 4 is 28.3 Å². The van der Waals surface area contributed by atoms with Gasteiger partial charge in [0.25, 0.3) is 5.69 Å². The van der Waals surface area contributed by atoms with Gasteiger partial charge in [0, 0.05) is 23.6 Å². The number of benzene rings is 3. The smallest absolute Gasteiger partial charge is 0.269 e. The molecule has 3 aromatic carbocycles. The third-order valence-electron chi connectivity index (χ3n) is 5.95. The highest BCUT2D eigenvalue weighted by Crippen LogP contribution is 2.46. The predicted molar refractivity (Wildman–Crippen MR) is 122 cm³/mol. The molecule has 33 heavy (non-hydrogen) atoms. The summed E-state index contributed by atoms with van der Waals surface area (Å²) in [6.07, 6.45) is 0. The molecule has 0 saturated heterocycles. The lowest BCUT2D eigenvalue weighted by Crippen LogP contribution is -2.32. The molecule has 4 aromatic rings. The van der Waals surface area contributed by atoms with Gasteiger partial charge in [-0.3, -0.25) is 19.5 Å². The highest BCUT2D eigenvalue weighted by atomic mass is 16.6. The number of rotatable bonds is 4. The second kappa shape index (κ2) is 7.73. The monoisotopic (exact) mass is 435 g/mol. The summed E-state index contributed by atoms with van der Waals surface area (Å²) in [5.74, 6) is -1.17. The Kier molecular flexibility index (Phi) is 4.72. The minimum atomic E-state index is -0.844. The molecule has 2 heterocycles. The van der Waals surface area contributed by atoms with Gasteiger partial charge in [0.2, 0.25) is 0 Å². The fourth-order valence-corrected chi connectivity index (χ4v) is 4.44. The molecule has 0 radical (unpaired) electrons. The van der Waals surface area contributed by atoms with Gasteiger partial charge in [-0.25, -0.2) is 4.98 Å². The van der Waals surface area contributed by atoms with Crippen LogP contribution in [0.4, 0.5) is 5.69 Å². The Hall–Kier alpha value is -4.77. The van der Waals surface area contributed by atoms with E-state index in [9.17, 15) is 20.2 Å². The van der Waals surface area contributed by atoms with Crippen molar-refractivity contribution in [3.05, 3.63) is 112 Å². The summed E-state index contributed by atoms with van der Waals surface area (Å²) in [7, 11) is 0. The van der Waals surface area contributed by atoms with Crippen molar-refractivity contribution in [1.29, 1.82) is 5.26 Å². The van der Waals surface area contributed by atoms with Crippen LogP contribution in [0.3, 0.4) is 0 Å². The van der Waals surface area contributed by atoms with Gasteiger partial charge in [-0.1, -0.05) is 54.6 Å². The van der Waals surface area contributed by atoms with E-state index in [0.29, 0.717) is 28.0 Å². The number of carbonyl (C=O) groups excluding carboxylic acids is 1. The Balaban J connectivity index is 1.79.